The predicted molar refractivity (Wildman–Crippen MR) is 73.2 cm³/mol. The highest BCUT2D eigenvalue weighted by molar-refractivity contribution is 4.81. The van der Waals surface area contributed by atoms with Gasteiger partial charge in [-0.25, -0.2) is 0 Å². The Kier molecular flexibility index (Phi) is 7.14. The van der Waals surface area contributed by atoms with Crippen molar-refractivity contribution in [1.29, 1.82) is 0 Å². The quantitative estimate of drug-likeness (QED) is 0.605. The lowest BCUT2D eigenvalue weighted by Crippen LogP contribution is -2.38. The van der Waals surface area contributed by atoms with Crippen molar-refractivity contribution in [2.75, 3.05) is 26.4 Å². The molecule has 4 heteroatoms. The van der Waals surface area contributed by atoms with Gasteiger partial charge < -0.3 is 18.9 Å². The zero-order valence-electron chi connectivity index (χ0n) is 12.1. The molecule has 0 bridgehead atoms. The molecule has 2 aliphatic rings. The third-order valence-corrected chi connectivity index (χ3v) is 3.78. The number of rotatable bonds is 9. The molecule has 0 aromatic rings. The molecule has 0 N–H and O–H groups in total. The topological polar surface area (TPSA) is 36.9 Å². The van der Waals surface area contributed by atoms with Gasteiger partial charge in [0.2, 0.25) is 0 Å². The molecule has 1 aliphatic heterocycles. The standard InChI is InChI=1S/C15H28O4/c1-2-3-7-16-13-11-14(12-13)17-9-10-19-15-6-4-5-8-18-15/h13-15H,2-12H2,1H3/t13-,14-,15?. The Labute approximate surface area is 116 Å². The van der Waals surface area contributed by atoms with Crippen LogP contribution in [0.4, 0.5) is 0 Å². The maximum Gasteiger partial charge on any atom is 0.157 e. The smallest absolute Gasteiger partial charge is 0.157 e. The second-order valence-electron chi connectivity index (χ2n) is 5.48. The van der Waals surface area contributed by atoms with Crippen LogP contribution in [0.3, 0.4) is 0 Å². The summed E-state index contributed by atoms with van der Waals surface area (Å²) in [5.74, 6) is 0. The minimum absolute atomic E-state index is 0.00358. The Morgan fingerprint density at radius 3 is 2.37 bits per heavy atom. The average Bonchev–Trinajstić information content (AvgIpc) is 2.40. The highest BCUT2D eigenvalue weighted by atomic mass is 16.7. The fraction of sp³-hybridized carbons (Fsp3) is 1.00. The third kappa shape index (κ3) is 5.78. The van der Waals surface area contributed by atoms with Gasteiger partial charge in [0.25, 0.3) is 0 Å². The summed E-state index contributed by atoms with van der Waals surface area (Å²) in [5.41, 5.74) is 0. The van der Waals surface area contributed by atoms with E-state index < -0.39 is 0 Å². The van der Waals surface area contributed by atoms with E-state index in [4.69, 9.17) is 18.9 Å². The zero-order chi connectivity index (χ0) is 13.3. The van der Waals surface area contributed by atoms with Gasteiger partial charge in [0.1, 0.15) is 0 Å². The van der Waals surface area contributed by atoms with Crippen LogP contribution in [-0.4, -0.2) is 44.9 Å². The molecular formula is C15H28O4. The van der Waals surface area contributed by atoms with Crippen LogP contribution in [0.2, 0.25) is 0 Å². The first-order chi connectivity index (χ1) is 9.38. The Morgan fingerprint density at radius 1 is 0.947 bits per heavy atom. The Morgan fingerprint density at radius 2 is 1.68 bits per heavy atom. The van der Waals surface area contributed by atoms with E-state index in [0.29, 0.717) is 25.4 Å². The van der Waals surface area contributed by atoms with E-state index in [9.17, 15) is 0 Å². The van der Waals surface area contributed by atoms with Crippen LogP contribution in [0.15, 0.2) is 0 Å². The number of hydrogen-bond acceptors (Lipinski definition) is 4. The summed E-state index contributed by atoms with van der Waals surface area (Å²) >= 11 is 0. The van der Waals surface area contributed by atoms with Crippen LogP contribution in [0.1, 0.15) is 51.9 Å². The minimum Gasteiger partial charge on any atom is -0.378 e. The van der Waals surface area contributed by atoms with E-state index in [2.05, 4.69) is 6.92 Å². The lowest BCUT2D eigenvalue weighted by Gasteiger charge is -2.35. The summed E-state index contributed by atoms with van der Waals surface area (Å²) in [6.45, 7) is 5.24. The fourth-order valence-electron chi connectivity index (χ4n) is 2.42. The van der Waals surface area contributed by atoms with Gasteiger partial charge in [-0.1, -0.05) is 13.3 Å². The third-order valence-electron chi connectivity index (χ3n) is 3.78. The molecule has 0 aromatic heterocycles. The van der Waals surface area contributed by atoms with Gasteiger partial charge in [-0.15, -0.1) is 0 Å². The molecule has 1 aliphatic carbocycles. The second-order valence-corrected chi connectivity index (χ2v) is 5.48. The van der Waals surface area contributed by atoms with Crippen LogP contribution in [0, 0.1) is 0 Å². The van der Waals surface area contributed by atoms with Crippen molar-refractivity contribution < 1.29 is 18.9 Å². The van der Waals surface area contributed by atoms with Crippen molar-refractivity contribution in [3.8, 4) is 0 Å². The van der Waals surface area contributed by atoms with E-state index in [1.165, 1.54) is 12.8 Å². The summed E-state index contributed by atoms with van der Waals surface area (Å²) in [6, 6.07) is 0. The van der Waals surface area contributed by atoms with Crippen LogP contribution in [-0.2, 0) is 18.9 Å². The second kappa shape index (κ2) is 8.90. The van der Waals surface area contributed by atoms with Crippen molar-refractivity contribution in [2.45, 2.75) is 70.4 Å². The monoisotopic (exact) mass is 272 g/mol. The molecule has 1 saturated carbocycles. The van der Waals surface area contributed by atoms with Gasteiger partial charge in [-0.05, 0) is 38.5 Å². The summed E-state index contributed by atoms with van der Waals surface area (Å²) < 4.78 is 22.6. The summed E-state index contributed by atoms with van der Waals surface area (Å²) in [4.78, 5) is 0. The Hall–Kier alpha value is -0.160. The van der Waals surface area contributed by atoms with Crippen molar-refractivity contribution in [2.24, 2.45) is 0 Å². The first-order valence-corrected chi connectivity index (χ1v) is 7.85. The summed E-state index contributed by atoms with van der Waals surface area (Å²) in [5, 5.41) is 0. The molecule has 0 spiro atoms. The van der Waals surface area contributed by atoms with Crippen molar-refractivity contribution >= 4 is 0 Å². The van der Waals surface area contributed by atoms with E-state index in [1.54, 1.807) is 0 Å². The molecule has 2 fully saturated rings. The van der Waals surface area contributed by atoms with Gasteiger partial charge in [0, 0.05) is 13.2 Å². The molecule has 1 saturated heterocycles. The molecular weight excluding hydrogens is 244 g/mol. The molecule has 0 amide bonds. The molecule has 2 rings (SSSR count). The van der Waals surface area contributed by atoms with Gasteiger partial charge in [-0.3, -0.25) is 0 Å². The van der Waals surface area contributed by atoms with Crippen molar-refractivity contribution in [1.82, 2.24) is 0 Å². The molecule has 19 heavy (non-hydrogen) atoms. The van der Waals surface area contributed by atoms with Crippen LogP contribution < -0.4 is 0 Å². The maximum absolute atomic E-state index is 5.74. The largest absolute Gasteiger partial charge is 0.378 e. The lowest BCUT2D eigenvalue weighted by molar-refractivity contribution is -0.178. The molecule has 1 heterocycles. The first kappa shape index (κ1) is 15.2. The van der Waals surface area contributed by atoms with Crippen LogP contribution >= 0.6 is 0 Å². The highest BCUT2D eigenvalue weighted by Gasteiger charge is 2.30. The van der Waals surface area contributed by atoms with E-state index in [-0.39, 0.29) is 6.29 Å². The molecule has 0 radical (unpaired) electrons. The summed E-state index contributed by atoms with van der Waals surface area (Å²) in [7, 11) is 0. The Bertz CT molecular complexity index is 222. The number of unbranched alkanes of at least 4 members (excludes halogenated alkanes) is 1. The van der Waals surface area contributed by atoms with E-state index in [1.807, 2.05) is 0 Å². The minimum atomic E-state index is 0.00358. The highest BCUT2D eigenvalue weighted by Crippen LogP contribution is 2.26. The number of hydrogen-bond donors (Lipinski definition) is 0. The Balaban J connectivity index is 1.39. The predicted octanol–water partition coefficient (Wildman–Crippen LogP) is 2.89. The van der Waals surface area contributed by atoms with Gasteiger partial charge in [0.15, 0.2) is 6.29 Å². The summed E-state index contributed by atoms with van der Waals surface area (Å²) in [6.07, 6.45) is 8.67. The first-order valence-electron chi connectivity index (χ1n) is 7.85. The maximum atomic E-state index is 5.74. The van der Waals surface area contributed by atoms with Gasteiger partial charge >= 0.3 is 0 Å². The van der Waals surface area contributed by atoms with E-state index in [0.717, 1.165) is 45.3 Å². The molecule has 4 nitrogen and oxygen atoms in total. The normalized spacial score (nSPS) is 31.1. The van der Waals surface area contributed by atoms with Crippen molar-refractivity contribution in [3.05, 3.63) is 0 Å². The SMILES string of the molecule is CCCCO[C@H]1C[C@H](OCCOC2CCCCO2)C1. The van der Waals surface area contributed by atoms with E-state index >= 15 is 0 Å². The van der Waals surface area contributed by atoms with Crippen LogP contribution in [0.5, 0.6) is 0 Å². The van der Waals surface area contributed by atoms with Gasteiger partial charge in [-0.2, -0.15) is 0 Å². The number of ether oxygens (including phenoxy) is 4. The molecule has 1 atom stereocenters. The fourth-order valence-corrected chi connectivity index (χ4v) is 2.42. The van der Waals surface area contributed by atoms with Gasteiger partial charge in [0.05, 0.1) is 25.4 Å². The molecule has 1 unspecified atom stereocenters. The zero-order valence-corrected chi connectivity index (χ0v) is 12.1. The molecule has 0 aromatic carbocycles. The average molecular weight is 272 g/mol. The lowest BCUT2D eigenvalue weighted by atomic mass is 9.92. The van der Waals surface area contributed by atoms with Crippen LogP contribution in [0.25, 0.3) is 0 Å². The van der Waals surface area contributed by atoms with Crippen molar-refractivity contribution in [3.63, 3.8) is 0 Å². The molecule has 112 valence electrons.